The highest BCUT2D eigenvalue weighted by Gasteiger charge is 2.24. The summed E-state index contributed by atoms with van der Waals surface area (Å²) in [5.41, 5.74) is 0.334. The lowest BCUT2D eigenvalue weighted by Crippen LogP contribution is -2.15. The van der Waals surface area contributed by atoms with E-state index in [1.807, 2.05) is 0 Å². The van der Waals surface area contributed by atoms with Crippen LogP contribution in [0.25, 0.3) is 0 Å². The Hall–Kier alpha value is -2.55. The maximum atomic E-state index is 12.6. The zero-order valence-electron chi connectivity index (χ0n) is 14.0. The molecule has 2 aromatic carbocycles. The maximum absolute atomic E-state index is 12.6. The second-order valence-electron chi connectivity index (χ2n) is 5.29. The number of thiophene rings is 1. The standard InChI is InChI=1S/C18H14ClNO5S2/c1-24-18(21)17-16(10-11-26-17)27(22,23)20-13-4-8-15(9-5-13)25-14-6-2-12(19)3-7-14/h2-11,20H,1H3. The largest absolute Gasteiger partial charge is 0.465 e. The fourth-order valence-corrected chi connectivity index (χ4v) is 4.71. The molecule has 0 aliphatic carbocycles. The minimum absolute atomic E-state index is 0.0210. The minimum Gasteiger partial charge on any atom is -0.465 e. The molecule has 3 aromatic rings. The van der Waals surface area contributed by atoms with E-state index in [9.17, 15) is 13.2 Å². The molecule has 3 rings (SSSR count). The highest BCUT2D eigenvalue weighted by atomic mass is 35.5. The van der Waals surface area contributed by atoms with Crippen molar-refractivity contribution in [1.29, 1.82) is 0 Å². The van der Waals surface area contributed by atoms with Gasteiger partial charge in [-0.3, -0.25) is 4.72 Å². The number of methoxy groups -OCH3 is 1. The summed E-state index contributed by atoms with van der Waals surface area (Å²) >= 11 is 6.83. The number of esters is 1. The van der Waals surface area contributed by atoms with Crippen LogP contribution in [0.3, 0.4) is 0 Å². The quantitative estimate of drug-likeness (QED) is 0.577. The third kappa shape index (κ3) is 4.60. The van der Waals surface area contributed by atoms with E-state index in [1.54, 1.807) is 48.5 Å². The van der Waals surface area contributed by atoms with E-state index >= 15 is 0 Å². The van der Waals surface area contributed by atoms with Gasteiger partial charge in [0.1, 0.15) is 21.3 Å². The van der Waals surface area contributed by atoms with Crippen molar-refractivity contribution in [2.45, 2.75) is 4.90 Å². The first-order valence-electron chi connectivity index (χ1n) is 7.61. The van der Waals surface area contributed by atoms with Gasteiger partial charge in [0, 0.05) is 10.7 Å². The molecule has 0 radical (unpaired) electrons. The maximum Gasteiger partial charge on any atom is 0.349 e. The monoisotopic (exact) mass is 423 g/mol. The molecule has 0 aliphatic heterocycles. The molecule has 0 unspecified atom stereocenters. The van der Waals surface area contributed by atoms with Crippen LogP contribution in [-0.4, -0.2) is 21.5 Å². The topological polar surface area (TPSA) is 81.7 Å². The molecule has 0 bridgehead atoms. The Morgan fingerprint density at radius 3 is 2.19 bits per heavy atom. The molecule has 6 nitrogen and oxygen atoms in total. The summed E-state index contributed by atoms with van der Waals surface area (Å²) in [6.45, 7) is 0. The van der Waals surface area contributed by atoms with Crippen molar-refractivity contribution in [3.63, 3.8) is 0 Å². The highest BCUT2D eigenvalue weighted by molar-refractivity contribution is 7.93. The van der Waals surface area contributed by atoms with Crippen LogP contribution in [0.15, 0.2) is 64.9 Å². The first-order valence-corrected chi connectivity index (χ1v) is 10.4. The first-order chi connectivity index (χ1) is 12.9. The number of halogens is 1. The molecule has 140 valence electrons. The van der Waals surface area contributed by atoms with Crippen molar-refractivity contribution < 1.29 is 22.7 Å². The van der Waals surface area contributed by atoms with Crippen molar-refractivity contribution in [1.82, 2.24) is 0 Å². The molecule has 0 spiro atoms. The number of carbonyl (C=O) groups is 1. The average Bonchev–Trinajstić information content (AvgIpc) is 3.15. The van der Waals surface area contributed by atoms with Gasteiger partial charge in [-0.1, -0.05) is 11.6 Å². The van der Waals surface area contributed by atoms with Crippen LogP contribution in [0, 0.1) is 0 Å². The molecule has 0 atom stereocenters. The lowest BCUT2D eigenvalue weighted by molar-refractivity contribution is 0.0602. The van der Waals surface area contributed by atoms with E-state index in [2.05, 4.69) is 9.46 Å². The molecule has 0 fully saturated rings. The molecule has 0 saturated carbocycles. The zero-order valence-corrected chi connectivity index (χ0v) is 16.4. The Kier molecular flexibility index (Phi) is 5.69. The van der Waals surface area contributed by atoms with Crippen LogP contribution < -0.4 is 9.46 Å². The Morgan fingerprint density at radius 1 is 1.00 bits per heavy atom. The normalized spacial score (nSPS) is 11.0. The lowest BCUT2D eigenvalue weighted by atomic mass is 10.3. The van der Waals surface area contributed by atoms with E-state index in [1.165, 1.54) is 18.6 Å². The minimum atomic E-state index is -3.93. The number of rotatable bonds is 6. The molecule has 0 aliphatic rings. The fourth-order valence-electron chi connectivity index (χ4n) is 2.19. The fraction of sp³-hybridized carbons (Fsp3) is 0.0556. The number of hydrogen-bond acceptors (Lipinski definition) is 6. The predicted octanol–water partition coefficient (Wildman–Crippen LogP) is 4.78. The van der Waals surface area contributed by atoms with Crippen LogP contribution in [-0.2, 0) is 14.8 Å². The van der Waals surface area contributed by atoms with E-state index in [0.717, 1.165) is 11.3 Å². The molecule has 1 aromatic heterocycles. The number of carbonyl (C=O) groups excluding carboxylic acids is 1. The van der Waals surface area contributed by atoms with Crippen LogP contribution in [0.2, 0.25) is 5.02 Å². The summed E-state index contributed by atoms with van der Waals surface area (Å²) in [6.07, 6.45) is 0. The number of ether oxygens (including phenoxy) is 2. The Labute approximate surface area is 165 Å². The van der Waals surface area contributed by atoms with Crippen LogP contribution >= 0.6 is 22.9 Å². The van der Waals surface area contributed by atoms with Gasteiger partial charge in [0.25, 0.3) is 10.0 Å². The van der Waals surface area contributed by atoms with E-state index in [0.29, 0.717) is 22.2 Å². The molecule has 1 heterocycles. The second-order valence-corrected chi connectivity index (χ2v) is 8.29. The molecule has 27 heavy (non-hydrogen) atoms. The molecule has 1 N–H and O–H groups in total. The third-order valence-corrected chi connectivity index (χ3v) is 6.14. The van der Waals surface area contributed by atoms with Gasteiger partial charge in [0.15, 0.2) is 0 Å². The van der Waals surface area contributed by atoms with Crippen LogP contribution in [0.1, 0.15) is 9.67 Å². The number of nitrogens with one attached hydrogen (secondary N) is 1. The van der Waals surface area contributed by atoms with Gasteiger partial charge >= 0.3 is 5.97 Å². The highest BCUT2D eigenvalue weighted by Crippen LogP contribution is 2.27. The van der Waals surface area contributed by atoms with Gasteiger partial charge in [-0.2, -0.15) is 0 Å². The second kappa shape index (κ2) is 7.99. The van der Waals surface area contributed by atoms with Crippen LogP contribution in [0.4, 0.5) is 5.69 Å². The number of anilines is 1. The third-order valence-electron chi connectivity index (χ3n) is 3.45. The van der Waals surface area contributed by atoms with Gasteiger partial charge < -0.3 is 9.47 Å². The van der Waals surface area contributed by atoms with Crippen molar-refractivity contribution in [2.75, 3.05) is 11.8 Å². The summed E-state index contributed by atoms with van der Waals surface area (Å²) in [5.74, 6) is 0.442. The van der Waals surface area contributed by atoms with Crippen molar-refractivity contribution in [3.05, 3.63) is 69.9 Å². The van der Waals surface area contributed by atoms with Crippen molar-refractivity contribution in [2.24, 2.45) is 0 Å². The average molecular weight is 424 g/mol. The zero-order chi connectivity index (χ0) is 19.4. The summed E-state index contributed by atoms with van der Waals surface area (Å²) < 4.78 is 37.8. The van der Waals surface area contributed by atoms with E-state index < -0.39 is 16.0 Å². The molecule has 0 saturated heterocycles. The first kappa shape index (κ1) is 19.2. The van der Waals surface area contributed by atoms with Gasteiger partial charge in [-0.25, -0.2) is 13.2 Å². The number of hydrogen-bond donors (Lipinski definition) is 1. The summed E-state index contributed by atoms with van der Waals surface area (Å²) in [7, 11) is -2.73. The Balaban J connectivity index is 1.75. The van der Waals surface area contributed by atoms with Gasteiger partial charge in [-0.05, 0) is 60.0 Å². The number of benzene rings is 2. The molecular formula is C18H14ClNO5S2. The molecule has 9 heteroatoms. The predicted molar refractivity (Wildman–Crippen MR) is 104 cm³/mol. The van der Waals surface area contributed by atoms with Gasteiger partial charge in [0.05, 0.1) is 7.11 Å². The summed E-state index contributed by atoms with van der Waals surface area (Å²) in [4.78, 5) is 11.6. The van der Waals surface area contributed by atoms with E-state index in [4.69, 9.17) is 16.3 Å². The van der Waals surface area contributed by atoms with Gasteiger partial charge in [0.2, 0.25) is 0 Å². The SMILES string of the molecule is COC(=O)c1sccc1S(=O)(=O)Nc1ccc(Oc2ccc(Cl)cc2)cc1. The Bertz CT molecular complexity index is 1040. The summed E-state index contributed by atoms with van der Waals surface area (Å²) in [6, 6.07) is 14.6. The molecular weight excluding hydrogens is 410 g/mol. The number of sulfonamides is 1. The van der Waals surface area contributed by atoms with Crippen LogP contribution in [0.5, 0.6) is 11.5 Å². The summed E-state index contributed by atoms with van der Waals surface area (Å²) in [5, 5.41) is 2.12. The molecule has 0 amide bonds. The Morgan fingerprint density at radius 2 is 1.59 bits per heavy atom. The van der Waals surface area contributed by atoms with Crippen molar-refractivity contribution in [3.8, 4) is 11.5 Å². The van der Waals surface area contributed by atoms with Crippen molar-refractivity contribution >= 4 is 44.6 Å². The van der Waals surface area contributed by atoms with E-state index in [-0.39, 0.29) is 9.77 Å². The smallest absolute Gasteiger partial charge is 0.349 e. The lowest BCUT2D eigenvalue weighted by Gasteiger charge is -2.10. The van der Waals surface area contributed by atoms with Gasteiger partial charge in [-0.15, -0.1) is 11.3 Å².